The van der Waals surface area contributed by atoms with E-state index in [9.17, 15) is 4.79 Å². The average molecular weight is 175 g/mol. The molecule has 3 atom stereocenters. The first kappa shape index (κ1) is 8.50. The summed E-state index contributed by atoms with van der Waals surface area (Å²) in [6.45, 7) is 4.03. The molecule has 0 unspecified atom stereocenters. The Bertz CT molecular complexity index is 338. The van der Waals surface area contributed by atoms with Crippen molar-refractivity contribution >= 4 is 5.78 Å². The monoisotopic (exact) mass is 175 g/mol. The second-order valence-electron chi connectivity index (χ2n) is 4.53. The Hall–Kier alpha value is -1.10. The number of fused-ring (bicyclic) bond motifs is 1. The van der Waals surface area contributed by atoms with Crippen molar-refractivity contribution in [1.82, 2.24) is 0 Å². The molecule has 2 aliphatic rings. The van der Waals surface area contributed by atoms with Gasteiger partial charge in [0.2, 0.25) is 0 Å². The minimum atomic E-state index is -0.298. The average Bonchev–Trinajstić information content (AvgIpc) is 2.47. The summed E-state index contributed by atoms with van der Waals surface area (Å²) < 4.78 is 0. The predicted octanol–water partition coefficient (Wildman–Crippen LogP) is 2.07. The number of ketones is 1. The van der Waals surface area contributed by atoms with Crippen LogP contribution < -0.4 is 0 Å². The minimum Gasteiger partial charge on any atom is -0.299 e. The fourth-order valence-corrected chi connectivity index (χ4v) is 2.66. The van der Waals surface area contributed by atoms with Gasteiger partial charge in [-0.25, -0.2) is 0 Å². The van der Waals surface area contributed by atoms with Crippen molar-refractivity contribution < 1.29 is 4.79 Å². The molecule has 0 bridgehead atoms. The fraction of sp³-hybridized carbons (Fsp3) is 0.636. The first-order chi connectivity index (χ1) is 6.04. The van der Waals surface area contributed by atoms with E-state index in [1.807, 2.05) is 19.9 Å². The van der Waals surface area contributed by atoms with Crippen molar-refractivity contribution in [2.45, 2.75) is 26.7 Å². The van der Waals surface area contributed by atoms with Crippen LogP contribution in [-0.2, 0) is 4.79 Å². The highest BCUT2D eigenvalue weighted by atomic mass is 16.1. The molecule has 0 radical (unpaired) electrons. The molecule has 0 N–H and O–H groups in total. The maximum absolute atomic E-state index is 11.8. The summed E-state index contributed by atoms with van der Waals surface area (Å²) in [5.41, 5.74) is -0.508. The van der Waals surface area contributed by atoms with Gasteiger partial charge in [0.15, 0.2) is 0 Å². The summed E-state index contributed by atoms with van der Waals surface area (Å²) in [6.07, 6.45) is 5.35. The number of hydrogen-bond donors (Lipinski definition) is 0. The van der Waals surface area contributed by atoms with Crippen LogP contribution in [0.4, 0.5) is 0 Å². The van der Waals surface area contributed by atoms with Crippen LogP contribution in [-0.4, -0.2) is 5.78 Å². The van der Waals surface area contributed by atoms with E-state index in [4.69, 9.17) is 5.26 Å². The molecule has 1 saturated carbocycles. The molecule has 0 saturated heterocycles. The number of nitrogens with zero attached hydrogens (tertiary/aromatic N) is 1. The molecule has 13 heavy (non-hydrogen) atoms. The van der Waals surface area contributed by atoms with Crippen molar-refractivity contribution in [1.29, 1.82) is 5.26 Å². The molecule has 0 aromatic rings. The summed E-state index contributed by atoms with van der Waals surface area (Å²) in [5.74, 6) is 0.135. The van der Waals surface area contributed by atoms with Gasteiger partial charge in [0, 0.05) is 17.3 Å². The lowest BCUT2D eigenvalue weighted by atomic mass is 9.67. The van der Waals surface area contributed by atoms with Gasteiger partial charge in [0.25, 0.3) is 0 Å². The molecule has 2 rings (SSSR count). The zero-order chi connectivity index (χ0) is 9.69. The summed E-state index contributed by atoms with van der Waals surface area (Å²) >= 11 is 0. The van der Waals surface area contributed by atoms with E-state index < -0.39 is 0 Å². The third-order valence-electron chi connectivity index (χ3n) is 4.06. The summed E-state index contributed by atoms with van der Waals surface area (Å²) in [7, 11) is 0. The number of nitriles is 1. The molecule has 0 aliphatic heterocycles. The first-order valence-electron chi connectivity index (χ1n) is 4.65. The molecule has 1 fully saturated rings. The molecule has 0 aromatic heterocycles. The summed E-state index contributed by atoms with van der Waals surface area (Å²) in [6, 6.07) is 2.26. The SMILES string of the molecule is C[C@@]12C=CC[C@]1(C)C(=O)C[C@H]2C#N. The van der Waals surface area contributed by atoms with E-state index in [2.05, 4.69) is 12.1 Å². The van der Waals surface area contributed by atoms with Gasteiger partial charge < -0.3 is 0 Å². The molecule has 2 nitrogen and oxygen atoms in total. The van der Waals surface area contributed by atoms with Gasteiger partial charge in [-0.3, -0.25) is 4.79 Å². The normalized spacial score (nSPS) is 47.8. The van der Waals surface area contributed by atoms with Crippen molar-refractivity contribution in [2.75, 3.05) is 0 Å². The largest absolute Gasteiger partial charge is 0.299 e. The Morgan fingerprint density at radius 1 is 1.62 bits per heavy atom. The van der Waals surface area contributed by atoms with Gasteiger partial charge in [0.1, 0.15) is 5.78 Å². The van der Waals surface area contributed by atoms with Crippen molar-refractivity contribution in [3.8, 4) is 6.07 Å². The second-order valence-corrected chi connectivity index (χ2v) is 4.53. The Kier molecular flexibility index (Phi) is 1.46. The standard InChI is InChI=1S/C11H13NO/c1-10-4-3-5-11(10,2)9(13)6-8(10)7-12/h3-4,8H,5-6H2,1-2H3/t8-,10-,11+/m0/s1. The quantitative estimate of drug-likeness (QED) is 0.529. The highest BCUT2D eigenvalue weighted by Crippen LogP contribution is 2.59. The molecule has 68 valence electrons. The van der Waals surface area contributed by atoms with Crippen LogP contribution in [0.5, 0.6) is 0 Å². The number of Topliss-reactive ketones (excluding diaryl/α,β-unsaturated/α-hetero) is 1. The van der Waals surface area contributed by atoms with E-state index in [-0.39, 0.29) is 22.5 Å². The number of rotatable bonds is 0. The van der Waals surface area contributed by atoms with Gasteiger partial charge >= 0.3 is 0 Å². The lowest BCUT2D eigenvalue weighted by molar-refractivity contribution is -0.126. The van der Waals surface area contributed by atoms with Crippen molar-refractivity contribution in [3.63, 3.8) is 0 Å². The molecular formula is C11H13NO. The Labute approximate surface area is 78.2 Å². The smallest absolute Gasteiger partial charge is 0.141 e. The molecule has 2 aliphatic carbocycles. The van der Waals surface area contributed by atoms with Crippen LogP contribution >= 0.6 is 0 Å². The van der Waals surface area contributed by atoms with Crippen LogP contribution in [0.3, 0.4) is 0 Å². The topological polar surface area (TPSA) is 40.9 Å². The van der Waals surface area contributed by atoms with Crippen LogP contribution in [0, 0.1) is 28.1 Å². The van der Waals surface area contributed by atoms with Crippen LogP contribution in [0.15, 0.2) is 12.2 Å². The van der Waals surface area contributed by atoms with Crippen LogP contribution in [0.2, 0.25) is 0 Å². The van der Waals surface area contributed by atoms with E-state index in [1.165, 1.54) is 0 Å². The first-order valence-corrected chi connectivity index (χ1v) is 4.65. The van der Waals surface area contributed by atoms with Crippen LogP contribution in [0.25, 0.3) is 0 Å². The Morgan fingerprint density at radius 2 is 2.31 bits per heavy atom. The maximum atomic E-state index is 11.8. The van der Waals surface area contributed by atoms with E-state index >= 15 is 0 Å². The molecular weight excluding hydrogens is 162 g/mol. The number of hydrogen-bond acceptors (Lipinski definition) is 2. The third-order valence-corrected chi connectivity index (χ3v) is 4.06. The molecule has 0 spiro atoms. The Morgan fingerprint density at radius 3 is 2.92 bits per heavy atom. The lowest BCUT2D eigenvalue weighted by Crippen LogP contribution is -2.34. The molecule has 0 aromatic carbocycles. The maximum Gasteiger partial charge on any atom is 0.141 e. The zero-order valence-electron chi connectivity index (χ0n) is 8.00. The van der Waals surface area contributed by atoms with E-state index in [0.29, 0.717) is 6.42 Å². The van der Waals surface area contributed by atoms with Crippen molar-refractivity contribution in [2.24, 2.45) is 16.7 Å². The number of carbonyl (C=O) groups is 1. The third kappa shape index (κ3) is 0.751. The van der Waals surface area contributed by atoms with Gasteiger partial charge in [-0.15, -0.1) is 0 Å². The number of carbonyl (C=O) groups excluding carboxylic acids is 1. The van der Waals surface area contributed by atoms with Gasteiger partial charge in [-0.1, -0.05) is 26.0 Å². The zero-order valence-corrected chi connectivity index (χ0v) is 8.00. The number of allylic oxidation sites excluding steroid dienone is 2. The summed E-state index contributed by atoms with van der Waals surface area (Å²) in [4.78, 5) is 11.8. The van der Waals surface area contributed by atoms with Crippen LogP contribution in [0.1, 0.15) is 26.7 Å². The highest BCUT2D eigenvalue weighted by Gasteiger charge is 2.60. The van der Waals surface area contributed by atoms with Gasteiger partial charge in [-0.2, -0.15) is 5.26 Å². The molecule has 2 heteroatoms. The fourth-order valence-electron chi connectivity index (χ4n) is 2.66. The lowest BCUT2D eigenvalue weighted by Gasteiger charge is -2.33. The van der Waals surface area contributed by atoms with Gasteiger partial charge in [-0.05, 0) is 6.42 Å². The highest BCUT2D eigenvalue weighted by molar-refractivity contribution is 5.90. The van der Waals surface area contributed by atoms with E-state index in [1.54, 1.807) is 0 Å². The van der Waals surface area contributed by atoms with Gasteiger partial charge in [0.05, 0.1) is 12.0 Å². The second kappa shape index (κ2) is 2.23. The summed E-state index contributed by atoms with van der Waals surface area (Å²) in [5, 5.41) is 8.97. The predicted molar refractivity (Wildman–Crippen MR) is 48.7 cm³/mol. The Balaban J connectivity index is 2.52. The molecule has 0 heterocycles. The van der Waals surface area contributed by atoms with Crippen molar-refractivity contribution in [3.05, 3.63) is 12.2 Å². The van der Waals surface area contributed by atoms with E-state index in [0.717, 1.165) is 6.42 Å². The minimum absolute atomic E-state index is 0.122. The molecule has 0 amide bonds.